The summed E-state index contributed by atoms with van der Waals surface area (Å²) < 4.78 is 26.9. The number of nitrogens with zero attached hydrogens (tertiary/aromatic N) is 10. The number of hydrogen-bond acceptors (Lipinski definition) is 16. The Hall–Kier alpha value is -7.19. The number of halogens is 2. The number of aromatic hydroxyl groups is 1. The lowest BCUT2D eigenvalue weighted by Gasteiger charge is -2.42. The van der Waals surface area contributed by atoms with Crippen molar-refractivity contribution in [1.82, 2.24) is 45.6 Å². The topological polar surface area (TPSA) is 207 Å². The van der Waals surface area contributed by atoms with Crippen molar-refractivity contribution in [2.24, 2.45) is 10.9 Å². The van der Waals surface area contributed by atoms with Gasteiger partial charge in [-0.15, -0.1) is 10.2 Å². The predicted molar refractivity (Wildman–Crippen MR) is 301 cm³/mol. The molecule has 7 aromatic rings. The number of aliphatic hydroxyl groups excluding tert-OH is 1. The number of aliphatic imine (C=N–C) groups is 1. The highest BCUT2D eigenvalue weighted by Gasteiger charge is 2.47. The number of H-pyrrole nitrogens is 1. The van der Waals surface area contributed by atoms with Crippen molar-refractivity contribution in [3.8, 4) is 34.0 Å². The molecule has 20 heteroatoms. The number of aromatic nitrogens is 6. The van der Waals surface area contributed by atoms with Crippen LogP contribution in [0, 0.1) is 11.7 Å². The Labute approximate surface area is 468 Å². The highest BCUT2D eigenvalue weighted by atomic mass is 35.5. The standard InChI is InChI=1S/C60H66ClFN12O6/c1-34(2)52(58(77)73-33-42(75)26-49(73)56-66-60(3,80-69-56)38-14-12-36(13-15-38)44-8-4-6-10-47(44)62)54-53(61)57(70-79-54)78-43-20-18-39(19-21-43)71-24-22-35(23-25-71)37-28-64-59(65-29-37)74-40-16-17-41(74)32-72(31-40)50-30-63-55-46(50)27-48(67-68-55)45-9-5-7-11-51(45)76/h4-15,27-30,34-35,39-43,49,52,75-76H,16-26,31-33H2,1-3H3,(H,63,68)(H,66,69)/t39?,40?,41?,42-,43?,49+,52-,60+/m1/s1. The molecule has 5 fully saturated rings. The van der Waals surface area contributed by atoms with E-state index in [1.54, 1.807) is 35.2 Å². The Balaban J connectivity index is 0.592. The number of aliphatic hydroxyl groups is 1. The van der Waals surface area contributed by atoms with Crippen molar-refractivity contribution in [1.29, 1.82) is 0 Å². The number of hydroxylamine groups is 1. The maximum atomic E-state index is 14.6. The van der Waals surface area contributed by atoms with E-state index in [0.717, 1.165) is 111 Å². The number of likely N-dealkylation sites (tertiary alicyclic amines) is 2. The number of phenolic OH excluding ortho intramolecular Hbond substituents is 1. The second kappa shape index (κ2) is 21.4. The van der Waals surface area contributed by atoms with Crippen LogP contribution in [0.1, 0.15) is 107 Å². The number of carbonyl (C=O) groups is 1. The summed E-state index contributed by atoms with van der Waals surface area (Å²) in [5.41, 5.74) is 8.12. The number of benzene rings is 3. The van der Waals surface area contributed by atoms with Gasteiger partial charge in [0.25, 0.3) is 5.88 Å². The van der Waals surface area contributed by atoms with Crippen LogP contribution in [0.3, 0.4) is 0 Å². The van der Waals surface area contributed by atoms with Crippen LogP contribution < -0.4 is 20.0 Å². The van der Waals surface area contributed by atoms with Gasteiger partial charge < -0.3 is 44.1 Å². The van der Waals surface area contributed by atoms with E-state index in [4.69, 9.17) is 40.7 Å². The number of fused-ring (bicyclic) bond motifs is 3. The summed E-state index contributed by atoms with van der Waals surface area (Å²) in [6, 6.07) is 23.7. The van der Waals surface area contributed by atoms with Crippen LogP contribution in [0.15, 0.2) is 107 Å². The van der Waals surface area contributed by atoms with Crippen LogP contribution >= 0.6 is 11.6 Å². The molecule has 416 valence electrons. The van der Waals surface area contributed by atoms with Crippen LogP contribution in [0.5, 0.6) is 11.6 Å². The number of hydrogen-bond donors (Lipinski definition) is 4. The van der Waals surface area contributed by atoms with Gasteiger partial charge in [0.15, 0.2) is 11.4 Å². The van der Waals surface area contributed by atoms with Crippen molar-refractivity contribution in [2.75, 3.05) is 42.5 Å². The molecule has 0 spiro atoms. The second-order valence-corrected chi connectivity index (χ2v) is 23.5. The molecule has 2 bridgehead atoms. The molecule has 1 aliphatic carbocycles. The van der Waals surface area contributed by atoms with Crippen LogP contribution in [0.25, 0.3) is 33.4 Å². The molecule has 6 atom stereocenters. The number of β-amino-alcohol motifs (C(OH)–C–C–N with tert-alkyl or cyclic N) is 1. The Bertz CT molecular complexity index is 3400. The van der Waals surface area contributed by atoms with Gasteiger partial charge in [-0.3, -0.25) is 4.79 Å². The molecule has 13 rings (SSSR count). The van der Waals surface area contributed by atoms with Crippen molar-refractivity contribution >= 4 is 46.0 Å². The first-order chi connectivity index (χ1) is 38.9. The van der Waals surface area contributed by atoms with E-state index in [1.165, 1.54) is 11.6 Å². The summed E-state index contributed by atoms with van der Waals surface area (Å²) >= 11 is 7.02. The third kappa shape index (κ3) is 9.78. The highest BCUT2D eigenvalue weighted by molar-refractivity contribution is 6.32. The van der Waals surface area contributed by atoms with Crippen molar-refractivity contribution < 1.29 is 33.5 Å². The number of piperazine rings is 1. The van der Waals surface area contributed by atoms with Crippen LogP contribution in [0.2, 0.25) is 5.02 Å². The number of ether oxygens (including phenoxy) is 1. The van der Waals surface area contributed by atoms with Crippen molar-refractivity contribution in [3.05, 3.63) is 125 Å². The summed E-state index contributed by atoms with van der Waals surface area (Å²) in [6.45, 7) is 9.51. The van der Waals surface area contributed by atoms with Gasteiger partial charge in [0.2, 0.25) is 17.6 Å². The first-order valence-corrected chi connectivity index (χ1v) is 28.7. The number of amides is 1. The van der Waals surface area contributed by atoms with Gasteiger partial charge in [0, 0.05) is 84.8 Å². The number of nitrogens with one attached hydrogen (secondary N) is 2. The number of rotatable bonds is 13. The SMILES string of the molecule is CC(C)[C@@H](C(=O)N1C[C@H](O)C[C@H]1C1=N[C@](C)(c2ccc(-c3ccccc3F)cc2)ON1)c1onc(OC2CCC(N3CCC(c4cnc(N5C6CCC5CN(c5c[nH]c7nnc(-c8ccccc8O)cc57)C6)nc4)CC3)CC2)c1Cl. The number of anilines is 2. The third-order valence-electron chi connectivity index (χ3n) is 17.8. The largest absolute Gasteiger partial charge is 0.507 e. The van der Waals surface area contributed by atoms with Gasteiger partial charge in [0.1, 0.15) is 34.4 Å². The number of phenols is 1. The maximum Gasteiger partial charge on any atom is 0.273 e. The normalized spacial score (nSPS) is 25.8. The van der Waals surface area contributed by atoms with Gasteiger partial charge >= 0.3 is 0 Å². The number of amidine groups is 1. The second-order valence-electron chi connectivity index (χ2n) is 23.1. The lowest BCUT2D eigenvalue weighted by Crippen LogP contribution is -2.54. The third-order valence-corrected chi connectivity index (χ3v) is 18.1. The smallest absolute Gasteiger partial charge is 0.273 e. The molecule has 9 heterocycles. The Morgan fingerprint density at radius 3 is 2.29 bits per heavy atom. The van der Waals surface area contributed by atoms with E-state index in [9.17, 15) is 19.4 Å². The molecule has 4 saturated heterocycles. The van der Waals surface area contributed by atoms with Crippen molar-refractivity contribution in [3.63, 3.8) is 0 Å². The zero-order chi connectivity index (χ0) is 54.8. The molecule has 1 saturated carbocycles. The minimum absolute atomic E-state index is 0.0939. The molecule has 4 aromatic heterocycles. The fourth-order valence-corrected chi connectivity index (χ4v) is 13.7. The molecule has 5 aliphatic heterocycles. The lowest BCUT2D eigenvalue weighted by atomic mass is 9.87. The minimum atomic E-state index is -1.13. The van der Waals surface area contributed by atoms with Crippen LogP contribution in [-0.2, 0) is 15.4 Å². The van der Waals surface area contributed by atoms with Gasteiger partial charge in [-0.05, 0) is 124 Å². The van der Waals surface area contributed by atoms with E-state index < -0.39 is 23.8 Å². The molecule has 0 radical (unpaired) electrons. The molecule has 6 aliphatic rings. The summed E-state index contributed by atoms with van der Waals surface area (Å²) in [7, 11) is 0. The fourth-order valence-electron chi connectivity index (χ4n) is 13.5. The van der Waals surface area contributed by atoms with E-state index in [2.05, 4.69) is 52.9 Å². The Kier molecular flexibility index (Phi) is 13.9. The highest BCUT2D eigenvalue weighted by Crippen LogP contribution is 2.43. The average Bonchev–Trinajstić information content (AvgIpc) is 4.39. The monoisotopic (exact) mass is 1100 g/mol. The number of para-hydroxylation sites is 1. The summed E-state index contributed by atoms with van der Waals surface area (Å²) in [4.78, 5) is 48.1. The number of aromatic amines is 1. The lowest BCUT2D eigenvalue weighted by molar-refractivity contribution is -0.134. The molecular formula is C60H66ClFN12O6. The van der Waals surface area contributed by atoms with Gasteiger partial charge in [-0.1, -0.05) is 80.0 Å². The zero-order valence-corrected chi connectivity index (χ0v) is 45.8. The quantitative estimate of drug-likeness (QED) is 0.0848. The molecular weight excluding hydrogens is 1040 g/mol. The average molecular weight is 1110 g/mol. The molecule has 4 N–H and O–H groups in total. The Morgan fingerprint density at radius 1 is 0.875 bits per heavy atom. The summed E-state index contributed by atoms with van der Waals surface area (Å²) in [5.74, 6) is 0.647. The number of carbonyl (C=O) groups excluding carboxylic acids is 1. The summed E-state index contributed by atoms with van der Waals surface area (Å²) in [6.07, 6.45) is 13.5. The molecule has 3 aromatic carbocycles. The first-order valence-electron chi connectivity index (χ1n) is 28.3. The van der Waals surface area contributed by atoms with Gasteiger partial charge in [0.05, 0.1) is 23.5 Å². The van der Waals surface area contributed by atoms with E-state index in [1.807, 2.05) is 69.4 Å². The van der Waals surface area contributed by atoms with Crippen molar-refractivity contribution in [2.45, 2.75) is 132 Å². The predicted octanol–water partition coefficient (Wildman–Crippen LogP) is 9.50. The van der Waals surface area contributed by atoms with E-state index >= 15 is 0 Å². The molecule has 18 nitrogen and oxygen atoms in total. The van der Waals surface area contributed by atoms with E-state index in [-0.39, 0.29) is 59.1 Å². The zero-order valence-electron chi connectivity index (χ0n) is 45.1. The van der Waals surface area contributed by atoms with Crippen LogP contribution in [0.4, 0.5) is 16.0 Å². The van der Waals surface area contributed by atoms with E-state index in [0.29, 0.717) is 46.7 Å². The molecule has 80 heavy (non-hydrogen) atoms. The molecule has 1 amide bonds. The minimum Gasteiger partial charge on any atom is -0.507 e. The molecule has 2 unspecified atom stereocenters. The Morgan fingerprint density at radius 2 is 1.57 bits per heavy atom. The van der Waals surface area contributed by atoms with Gasteiger partial charge in [-0.25, -0.2) is 29.7 Å². The van der Waals surface area contributed by atoms with Gasteiger partial charge in [-0.2, -0.15) is 0 Å². The number of piperidine rings is 1. The first kappa shape index (κ1) is 52.2. The fraction of sp³-hybridized carbons (Fsp3) is 0.450. The van der Waals surface area contributed by atoms with Crippen LogP contribution in [-0.4, -0.2) is 131 Å². The maximum absolute atomic E-state index is 14.6. The summed E-state index contributed by atoms with van der Waals surface area (Å²) in [5, 5.41) is 35.8.